The summed E-state index contributed by atoms with van der Waals surface area (Å²) in [7, 11) is 0. The van der Waals surface area contributed by atoms with E-state index in [1.165, 1.54) is 11.8 Å². The highest BCUT2D eigenvalue weighted by molar-refractivity contribution is 8.00. The minimum Gasteiger partial charge on any atom is -0.325 e. The number of amides is 3. The number of fused-ring (bicyclic) bond motifs is 2. The zero-order chi connectivity index (χ0) is 24.2. The topological polar surface area (TPSA) is 61.4 Å². The molecule has 0 saturated carbocycles. The van der Waals surface area contributed by atoms with E-state index >= 15 is 0 Å². The third kappa shape index (κ3) is 5.31. The minimum absolute atomic E-state index is 0.0532. The van der Waals surface area contributed by atoms with Gasteiger partial charge in [0.15, 0.2) is 0 Å². The number of para-hydroxylation sites is 2. The molecule has 2 N–H and O–H groups in total. The van der Waals surface area contributed by atoms with Gasteiger partial charge in [-0.3, -0.25) is 9.69 Å². The number of hydrogen-bond donors (Lipinski definition) is 2. The summed E-state index contributed by atoms with van der Waals surface area (Å²) in [6, 6.07) is 23.1. The fraction of sp³-hybridized carbons (Fsp3) is 0.143. The Bertz CT molecular complexity index is 1320. The van der Waals surface area contributed by atoms with Crippen molar-refractivity contribution in [2.75, 3.05) is 21.3 Å². The molecule has 0 saturated heterocycles. The third-order valence-electron chi connectivity index (χ3n) is 5.84. The lowest BCUT2D eigenvalue weighted by atomic mass is 10.1. The van der Waals surface area contributed by atoms with Crippen LogP contribution >= 0.6 is 23.5 Å². The van der Waals surface area contributed by atoms with Gasteiger partial charge in [-0.25, -0.2) is 4.79 Å². The van der Waals surface area contributed by atoms with Crippen molar-refractivity contribution in [2.45, 2.75) is 28.0 Å². The number of urea groups is 1. The first-order valence-electron chi connectivity index (χ1n) is 11.4. The smallest absolute Gasteiger partial charge is 0.325 e. The third-order valence-corrected chi connectivity index (χ3v) is 8.14. The highest BCUT2D eigenvalue weighted by Gasteiger charge is 2.36. The predicted molar refractivity (Wildman–Crippen MR) is 147 cm³/mol. The molecule has 2 atom stereocenters. The van der Waals surface area contributed by atoms with Crippen LogP contribution in [0.25, 0.3) is 0 Å². The summed E-state index contributed by atoms with van der Waals surface area (Å²) >= 11 is 3.22. The van der Waals surface area contributed by atoms with E-state index in [4.69, 9.17) is 0 Å². The summed E-state index contributed by atoms with van der Waals surface area (Å²) in [5.74, 6) is 0.216. The fourth-order valence-corrected chi connectivity index (χ4v) is 6.13. The average Bonchev–Trinajstić information content (AvgIpc) is 2.87. The van der Waals surface area contributed by atoms with E-state index in [1.807, 2.05) is 90.7 Å². The zero-order valence-corrected chi connectivity index (χ0v) is 20.8. The first kappa shape index (κ1) is 23.3. The van der Waals surface area contributed by atoms with Crippen molar-refractivity contribution in [1.82, 2.24) is 0 Å². The van der Waals surface area contributed by atoms with Crippen LogP contribution in [0.2, 0.25) is 0 Å². The average molecular weight is 500 g/mol. The Hall–Kier alpha value is -3.42. The number of thioether (sulfide) groups is 2. The van der Waals surface area contributed by atoms with Gasteiger partial charge in [-0.05, 0) is 48.9 Å². The molecule has 0 radical (unpaired) electrons. The van der Waals surface area contributed by atoms with Gasteiger partial charge in [0, 0.05) is 21.2 Å². The van der Waals surface area contributed by atoms with Crippen LogP contribution in [0, 0.1) is 6.92 Å². The van der Waals surface area contributed by atoms with E-state index in [0.29, 0.717) is 5.69 Å². The minimum atomic E-state index is -0.174. The highest BCUT2D eigenvalue weighted by atomic mass is 32.2. The van der Waals surface area contributed by atoms with Crippen molar-refractivity contribution < 1.29 is 9.59 Å². The number of rotatable bonds is 5. The standard InChI is InChI=1S/C28H25N3O2S2/c1-19-9-2-3-12-22(19)30-27(32)18-34-21-11-8-10-20(17-21)29-28(33)31-23-13-4-6-15-25(23)35-26-16-7-5-14-24(26)31/h2-17,23,25H,18H2,1H3,(H,29,33)(H,30,32). The second-order valence-electron chi connectivity index (χ2n) is 8.29. The first-order valence-corrected chi connectivity index (χ1v) is 13.2. The molecule has 0 fully saturated rings. The predicted octanol–water partition coefficient (Wildman–Crippen LogP) is 6.73. The number of aryl methyl sites for hydroxylation is 1. The Kier molecular flexibility index (Phi) is 6.97. The number of carbonyl (C=O) groups excluding carboxylic acids is 2. The molecule has 0 bridgehead atoms. The molecule has 3 amide bonds. The maximum Gasteiger partial charge on any atom is 0.326 e. The SMILES string of the molecule is Cc1ccccc1NC(=O)CSc1cccc(NC(=O)N2c3ccccc3SC3C=CC=CC32)c1. The molecule has 5 rings (SSSR count). The fourth-order valence-electron chi connectivity index (χ4n) is 4.12. The van der Waals surface area contributed by atoms with Gasteiger partial charge in [-0.1, -0.05) is 60.7 Å². The molecular formula is C28H25N3O2S2. The summed E-state index contributed by atoms with van der Waals surface area (Å²) < 4.78 is 0. The molecule has 2 aliphatic rings. The van der Waals surface area contributed by atoms with Gasteiger partial charge in [0.25, 0.3) is 0 Å². The molecule has 5 nitrogen and oxygen atoms in total. The van der Waals surface area contributed by atoms with E-state index in [9.17, 15) is 9.59 Å². The Morgan fingerprint density at radius 2 is 1.74 bits per heavy atom. The molecule has 7 heteroatoms. The van der Waals surface area contributed by atoms with Crippen LogP contribution in [0.3, 0.4) is 0 Å². The molecule has 3 aromatic carbocycles. The van der Waals surface area contributed by atoms with Crippen molar-refractivity contribution in [3.05, 3.63) is 103 Å². The van der Waals surface area contributed by atoms with Gasteiger partial charge >= 0.3 is 6.03 Å². The second kappa shape index (κ2) is 10.5. The summed E-state index contributed by atoms with van der Waals surface area (Å²) in [5, 5.41) is 6.20. The van der Waals surface area contributed by atoms with E-state index in [2.05, 4.69) is 28.9 Å². The molecule has 3 aromatic rings. The summed E-state index contributed by atoms with van der Waals surface area (Å²) in [5.41, 5.74) is 3.46. The molecule has 1 aliphatic carbocycles. The van der Waals surface area contributed by atoms with Crippen LogP contribution < -0.4 is 15.5 Å². The molecule has 2 unspecified atom stereocenters. The van der Waals surface area contributed by atoms with Crippen LogP contribution in [0.5, 0.6) is 0 Å². The summed E-state index contributed by atoms with van der Waals surface area (Å²) in [4.78, 5) is 29.8. The van der Waals surface area contributed by atoms with Gasteiger partial charge < -0.3 is 10.6 Å². The van der Waals surface area contributed by atoms with Crippen LogP contribution in [-0.4, -0.2) is 29.0 Å². The van der Waals surface area contributed by atoms with Gasteiger partial charge in [0.1, 0.15) is 0 Å². The first-order chi connectivity index (χ1) is 17.1. The monoisotopic (exact) mass is 499 g/mol. The van der Waals surface area contributed by atoms with E-state index < -0.39 is 0 Å². The number of hydrogen-bond acceptors (Lipinski definition) is 4. The number of anilines is 3. The van der Waals surface area contributed by atoms with Crippen LogP contribution in [0.4, 0.5) is 21.9 Å². The number of carbonyl (C=O) groups is 2. The van der Waals surface area contributed by atoms with Crippen LogP contribution in [0.15, 0.2) is 107 Å². The van der Waals surface area contributed by atoms with Crippen LogP contribution in [-0.2, 0) is 4.79 Å². The quantitative estimate of drug-likeness (QED) is 0.382. The largest absolute Gasteiger partial charge is 0.326 e. The van der Waals surface area contributed by atoms with Gasteiger partial charge in [0.05, 0.1) is 22.7 Å². The van der Waals surface area contributed by atoms with Gasteiger partial charge in [0.2, 0.25) is 5.91 Å². The van der Waals surface area contributed by atoms with Crippen molar-refractivity contribution >= 4 is 52.5 Å². The zero-order valence-electron chi connectivity index (χ0n) is 19.2. The lowest BCUT2D eigenvalue weighted by Crippen LogP contribution is -2.49. The van der Waals surface area contributed by atoms with Gasteiger partial charge in [-0.15, -0.1) is 23.5 Å². The molecular weight excluding hydrogens is 474 g/mol. The molecule has 0 aromatic heterocycles. The van der Waals surface area contributed by atoms with E-state index in [0.717, 1.165) is 26.7 Å². The number of allylic oxidation sites excluding steroid dienone is 2. The molecule has 176 valence electrons. The number of benzene rings is 3. The van der Waals surface area contributed by atoms with E-state index in [1.54, 1.807) is 11.8 Å². The summed E-state index contributed by atoms with van der Waals surface area (Å²) in [6.45, 7) is 1.97. The Labute approximate surface area is 213 Å². The van der Waals surface area contributed by atoms with E-state index in [-0.39, 0.29) is 29.0 Å². The lowest BCUT2D eigenvalue weighted by molar-refractivity contribution is -0.113. The van der Waals surface area contributed by atoms with Crippen molar-refractivity contribution in [2.24, 2.45) is 0 Å². The number of nitrogens with zero attached hydrogens (tertiary/aromatic N) is 1. The Balaban J connectivity index is 1.26. The maximum atomic E-state index is 13.5. The number of nitrogens with one attached hydrogen (secondary N) is 2. The molecule has 1 aliphatic heterocycles. The van der Waals surface area contributed by atoms with Crippen molar-refractivity contribution in [1.29, 1.82) is 0 Å². The lowest BCUT2D eigenvalue weighted by Gasteiger charge is -2.40. The van der Waals surface area contributed by atoms with Crippen LogP contribution in [0.1, 0.15) is 5.56 Å². The summed E-state index contributed by atoms with van der Waals surface area (Å²) in [6.07, 6.45) is 8.25. The Morgan fingerprint density at radius 1 is 0.943 bits per heavy atom. The molecule has 35 heavy (non-hydrogen) atoms. The second-order valence-corrected chi connectivity index (χ2v) is 10.6. The van der Waals surface area contributed by atoms with Crippen molar-refractivity contribution in [3.63, 3.8) is 0 Å². The molecule has 1 heterocycles. The molecule has 0 spiro atoms. The van der Waals surface area contributed by atoms with Gasteiger partial charge in [-0.2, -0.15) is 0 Å². The van der Waals surface area contributed by atoms with Crippen molar-refractivity contribution in [3.8, 4) is 0 Å². The maximum absolute atomic E-state index is 13.5. The Morgan fingerprint density at radius 3 is 2.63 bits per heavy atom. The normalized spacial score (nSPS) is 17.9. The highest BCUT2D eigenvalue weighted by Crippen LogP contribution is 2.43.